The third-order valence-electron chi connectivity index (χ3n) is 4.78. The van der Waals surface area contributed by atoms with Crippen LogP contribution in [0.4, 0.5) is 4.39 Å². The molecule has 1 fully saturated rings. The number of benzene rings is 1. The van der Waals surface area contributed by atoms with Gasteiger partial charge in [-0.25, -0.2) is 4.39 Å². The number of halogens is 2. The second kappa shape index (κ2) is 9.38. The lowest BCUT2D eigenvalue weighted by atomic mass is 10.1. The molecule has 1 aromatic carbocycles. The van der Waals surface area contributed by atoms with Crippen LogP contribution in [0.2, 0.25) is 4.34 Å². The van der Waals surface area contributed by atoms with Crippen LogP contribution in [-0.2, 0) is 6.54 Å². The number of rotatable bonds is 7. The molecule has 5 nitrogen and oxygen atoms in total. The number of carbonyl (C=O) groups is 1. The Balaban J connectivity index is 1.57. The van der Waals surface area contributed by atoms with E-state index in [0.717, 1.165) is 24.6 Å². The maximum Gasteiger partial charge on any atom is 0.196 e. The van der Waals surface area contributed by atoms with Gasteiger partial charge in [-0.15, -0.1) is 21.5 Å². The van der Waals surface area contributed by atoms with Gasteiger partial charge in [-0.2, -0.15) is 0 Å². The summed E-state index contributed by atoms with van der Waals surface area (Å²) in [5.74, 6) is 0.740. The fourth-order valence-electron chi connectivity index (χ4n) is 3.33. The van der Waals surface area contributed by atoms with Crippen LogP contribution in [0, 0.1) is 5.82 Å². The van der Waals surface area contributed by atoms with Crippen LogP contribution < -0.4 is 0 Å². The summed E-state index contributed by atoms with van der Waals surface area (Å²) in [5.41, 5.74) is 0.789. The van der Waals surface area contributed by atoms with E-state index in [-0.39, 0.29) is 17.4 Å². The molecule has 0 spiro atoms. The van der Waals surface area contributed by atoms with E-state index in [2.05, 4.69) is 15.1 Å². The molecule has 1 aliphatic heterocycles. The average Bonchev–Trinajstić information content (AvgIpc) is 3.34. The van der Waals surface area contributed by atoms with Crippen molar-refractivity contribution in [1.82, 2.24) is 19.7 Å². The minimum atomic E-state index is -0.293. The molecule has 1 aliphatic rings. The van der Waals surface area contributed by atoms with Crippen molar-refractivity contribution in [3.8, 4) is 5.69 Å². The summed E-state index contributed by atoms with van der Waals surface area (Å²) in [5, 5.41) is 9.35. The summed E-state index contributed by atoms with van der Waals surface area (Å²) in [7, 11) is 0. The molecule has 9 heteroatoms. The van der Waals surface area contributed by atoms with Crippen molar-refractivity contribution in [3.63, 3.8) is 0 Å². The van der Waals surface area contributed by atoms with Gasteiger partial charge in [0.25, 0.3) is 0 Å². The number of carbonyl (C=O) groups excluding carboxylic acids is 1. The average molecular weight is 451 g/mol. The molecule has 0 bridgehead atoms. The van der Waals surface area contributed by atoms with Crippen molar-refractivity contribution in [2.75, 3.05) is 18.8 Å². The van der Waals surface area contributed by atoms with Crippen LogP contribution in [0.15, 0.2) is 41.6 Å². The molecule has 1 saturated heterocycles. The van der Waals surface area contributed by atoms with E-state index < -0.39 is 0 Å². The van der Waals surface area contributed by atoms with Gasteiger partial charge in [0, 0.05) is 5.69 Å². The molecule has 0 unspecified atom stereocenters. The van der Waals surface area contributed by atoms with Gasteiger partial charge < -0.3 is 0 Å². The number of nitrogens with zero attached hydrogens (tertiary/aromatic N) is 4. The van der Waals surface area contributed by atoms with Crippen molar-refractivity contribution in [1.29, 1.82) is 0 Å². The zero-order chi connectivity index (χ0) is 20.2. The van der Waals surface area contributed by atoms with E-state index in [1.807, 2.05) is 4.57 Å². The summed E-state index contributed by atoms with van der Waals surface area (Å²) in [6.07, 6.45) is 3.63. The first-order chi connectivity index (χ1) is 14.1. The van der Waals surface area contributed by atoms with Crippen molar-refractivity contribution in [2.24, 2.45) is 0 Å². The summed E-state index contributed by atoms with van der Waals surface area (Å²) < 4.78 is 16.0. The third-order valence-corrected chi connectivity index (χ3v) is 6.98. The molecular weight excluding hydrogens is 431 g/mol. The molecule has 0 aliphatic carbocycles. The van der Waals surface area contributed by atoms with Crippen LogP contribution in [-0.4, -0.2) is 44.3 Å². The molecular formula is C20H20ClFN4OS2. The Bertz CT molecular complexity index is 983. The lowest BCUT2D eigenvalue weighted by molar-refractivity contribution is 0.102. The first-order valence-electron chi connectivity index (χ1n) is 9.44. The van der Waals surface area contributed by atoms with Gasteiger partial charge in [-0.3, -0.25) is 14.3 Å². The Morgan fingerprint density at radius 2 is 1.86 bits per heavy atom. The Kier molecular flexibility index (Phi) is 6.64. The lowest BCUT2D eigenvalue weighted by Crippen LogP contribution is -2.30. The highest BCUT2D eigenvalue weighted by atomic mass is 35.5. The van der Waals surface area contributed by atoms with E-state index in [1.165, 1.54) is 54.5 Å². The maximum absolute atomic E-state index is 13.4. The van der Waals surface area contributed by atoms with E-state index in [0.29, 0.717) is 20.9 Å². The van der Waals surface area contributed by atoms with Gasteiger partial charge in [0.2, 0.25) is 0 Å². The van der Waals surface area contributed by atoms with Gasteiger partial charge >= 0.3 is 0 Å². The van der Waals surface area contributed by atoms with Gasteiger partial charge in [-0.1, -0.05) is 29.8 Å². The standard InChI is InChI=1S/C20H20ClFN4OS2/c21-18-9-8-17(29-18)16(27)13-28-20-24-23-19(12-25-10-2-1-3-11-25)26(20)15-6-4-14(22)5-7-15/h4-9H,1-3,10-13H2. The smallest absolute Gasteiger partial charge is 0.196 e. The molecule has 0 atom stereocenters. The normalized spacial score (nSPS) is 15.0. The van der Waals surface area contributed by atoms with E-state index in [9.17, 15) is 9.18 Å². The molecule has 152 valence electrons. The quantitative estimate of drug-likeness (QED) is 0.371. The Morgan fingerprint density at radius 1 is 1.10 bits per heavy atom. The monoisotopic (exact) mass is 450 g/mol. The predicted molar refractivity (Wildman–Crippen MR) is 115 cm³/mol. The zero-order valence-electron chi connectivity index (χ0n) is 15.7. The largest absolute Gasteiger partial charge is 0.296 e. The first kappa shape index (κ1) is 20.5. The summed E-state index contributed by atoms with van der Waals surface area (Å²) in [4.78, 5) is 15.5. The molecule has 0 radical (unpaired) electrons. The molecule has 0 saturated carbocycles. The zero-order valence-corrected chi connectivity index (χ0v) is 18.1. The Hall–Kier alpha value is -1.74. The highest BCUT2D eigenvalue weighted by molar-refractivity contribution is 7.99. The van der Waals surface area contributed by atoms with E-state index in [1.54, 1.807) is 24.3 Å². The number of hydrogen-bond acceptors (Lipinski definition) is 6. The minimum absolute atomic E-state index is 0.00173. The van der Waals surface area contributed by atoms with Gasteiger partial charge in [-0.05, 0) is 62.3 Å². The number of thiophene rings is 1. The van der Waals surface area contributed by atoms with Crippen LogP contribution in [0.3, 0.4) is 0 Å². The second-order valence-electron chi connectivity index (χ2n) is 6.86. The highest BCUT2D eigenvalue weighted by Crippen LogP contribution is 2.27. The third kappa shape index (κ3) is 5.06. The summed E-state index contributed by atoms with van der Waals surface area (Å²) >= 11 is 8.54. The van der Waals surface area contributed by atoms with Crippen molar-refractivity contribution >= 4 is 40.5 Å². The minimum Gasteiger partial charge on any atom is -0.296 e. The van der Waals surface area contributed by atoms with Crippen LogP contribution in [0.25, 0.3) is 5.69 Å². The Labute approximate surface area is 181 Å². The van der Waals surface area contributed by atoms with Gasteiger partial charge in [0.15, 0.2) is 16.8 Å². The lowest BCUT2D eigenvalue weighted by Gasteiger charge is -2.26. The molecule has 4 rings (SSSR count). The Morgan fingerprint density at radius 3 is 2.55 bits per heavy atom. The fourth-order valence-corrected chi connectivity index (χ4v) is 5.25. The number of ketones is 1. The molecule has 0 N–H and O–H groups in total. The van der Waals surface area contributed by atoms with Crippen LogP contribution >= 0.6 is 34.7 Å². The molecule has 29 heavy (non-hydrogen) atoms. The van der Waals surface area contributed by atoms with Crippen LogP contribution in [0.5, 0.6) is 0 Å². The highest BCUT2D eigenvalue weighted by Gasteiger charge is 2.20. The predicted octanol–water partition coefficient (Wildman–Crippen LogP) is 5.08. The van der Waals surface area contributed by atoms with Gasteiger partial charge in [0.1, 0.15) is 5.82 Å². The van der Waals surface area contributed by atoms with Gasteiger partial charge in [0.05, 0.1) is 21.5 Å². The number of thioether (sulfide) groups is 1. The molecule has 2 aromatic heterocycles. The number of hydrogen-bond donors (Lipinski definition) is 0. The fraction of sp³-hybridized carbons (Fsp3) is 0.350. The number of piperidine rings is 1. The van der Waals surface area contributed by atoms with Crippen LogP contribution in [0.1, 0.15) is 34.8 Å². The second-order valence-corrected chi connectivity index (χ2v) is 9.52. The van der Waals surface area contributed by atoms with Crippen molar-refractivity contribution in [3.05, 3.63) is 57.3 Å². The SMILES string of the molecule is O=C(CSc1nnc(CN2CCCCC2)n1-c1ccc(F)cc1)c1ccc(Cl)s1. The van der Waals surface area contributed by atoms with E-state index >= 15 is 0 Å². The molecule has 3 heterocycles. The van der Waals surface area contributed by atoms with E-state index in [4.69, 9.17) is 11.6 Å². The van der Waals surface area contributed by atoms with Crippen molar-refractivity contribution in [2.45, 2.75) is 31.0 Å². The first-order valence-corrected chi connectivity index (χ1v) is 11.6. The van der Waals surface area contributed by atoms with Crippen molar-refractivity contribution < 1.29 is 9.18 Å². The number of Topliss-reactive ketones (excluding diaryl/α,β-unsaturated/α-hetero) is 1. The molecule has 3 aromatic rings. The number of likely N-dealkylation sites (tertiary alicyclic amines) is 1. The molecule has 0 amide bonds. The summed E-state index contributed by atoms with van der Waals surface area (Å²) in [6.45, 7) is 2.76. The number of aromatic nitrogens is 3. The topological polar surface area (TPSA) is 51.0 Å². The summed E-state index contributed by atoms with van der Waals surface area (Å²) in [6, 6.07) is 9.73. The maximum atomic E-state index is 13.4.